The second kappa shape index (κ2) is 8.57. The molecule has 3 nitrogen and oxygen atoms in total. The van der Waals surface area contributed by atoms with Gasteiger partial charge in [0.25, 0.3) is 0 Å². The highest BCUT2D eigenvalue weighted by molar-refractivity contribution is 7.80. The Kier molecular flexibility index (Phi) is 6.91. The van der Waals surface area contributed by atoms with E-state index in [4.69, 9.17) is 12.2 Å². The highest BCUT2D eigenvalue weighted by Gasteiger charge is 2.32. The van der Waals surface area contributed by atoms with Crippen LogP contribution in [0.5, 0.6) is 0 Å². The highest BCUT2D eigenvalue weighted by Crippen LogP contribution is 2.30. The second-order valence-corrected chi connectivity index (χ2v) is 7.94. The lowest BCUT2D eigenvalue weighted by atomic mass is 10.0. The molecule has 0 bridgehead atoms. The van der Waals surface area contributed by atoms with Crippen molar-refractivity contribution in [1.29, 1.82) is 0 Å². The second-order valence-electron chi connectivity index (χ2n) is 7.55. The van der Waals surface area contributed by atoms with E-state index in [1.54, 1.807) is 11.0 Å². The van der Waals surface area contributed by atoms with Crippen LogP contribution in [0, 0.1) is 0 Å². The van der Waals surface area contributed by atoms with Crippen molar-refractivity contribution in [2.45, 2.75) is 64.8 Å². The molecule has 1 saturated heterocycles. The topological polar surface area (TPSA) is 19.7 Å². The molecule has 7 heteroatoms. The van der Waals surface area contributed by atoms with Crippen LogP contribution in [0.15, 0.2) is 24.3 Å². The van der Waals surface area contributed by atoms with Crippen molar-refractivity contribution in [1.82, 2.24) is 4.90 Å². The molecule has 1 aliphatic heterocycles. The number of hydrogen-bond acceptors (Lipinski definition) is 1. The molecule has 0 unspecified atom stereocenters. The van der Waals surface area contributed by atoms with Crippen LogP contribution in [0.1, 0.15) is 46.1 Å². The normalized spacial score (nSPS) is 21.1. The monoisotopic (exact) mass is 388 g/mol. The van der Waals surface area contributed by atoms with Crippen LogP contribution in [-0.4, -0.2) is 41.2 Å². The summed E-state index contributed by atoms with van der Waals surface area (Å²) >= 11 is 5.56. The van der Waals surface area contributed by atoms with Gasteiger partial charge in [-0.2, -0.15) is 13.2 Å². The van der Waals surface area contributed by atoms with Gasteiger partial charge in [0.15, 0.2) is 5.11 Å². The first-order valence-corrected chi connectivity index (χ1v) is 9.61. The minimum absolute atomic E-state index is 0.186. The zero-order valence-corrected chi connectivity index (χ0v) is 16.7. The number of quaternary nitrogens is 1. The van der Waals surface area contributed by atoms with Gasteiger partial charge in [-0.05, 0) is 58.1 Å². The Morgan fingerprint density at radius 1 is 1.19 bits per heavy atom. The predicted molar refractivity (Wildman–Crippen MR) is 103 cm³/mol. The van der Waals surface area contributed by atoms with Crippen molar-refractivity contribution in [2.24, 2.45) is 0 Å². The van der Waals surface area contributed by atoms with Crippen molar-refractivity contribution < 1.29 is 18.1 Å². The molecule has 1 fully saturated rings. The van der Waals surface area contributed by atoms with Gasteiger partial charge in [-0.15, -0.1) is 0 Å². The van der Waals surface area contributed by atoms with E-state index in [-0.39, 0.29) is 6.04 Å². The molecule has 1 aromatic rings. The first-order valence-electron chi connectivity index (χ1n) is 9.20. The predicted octanol–water partition coefficient (Wildman–Crippen LogP) is 3.57. The summed E-state index contributed by atoms with van der Waals surface area (Å²) in [6, 6.07) is 6.31. The molecule has 1 aliphatic rings. The van der Waals surface area contributed by atoms with Gasteiger partial charge in [0.1, 0.15) is 0 Å². The van der Waals surface area contributed by atoms with Crippen LogP contribution in [0.4, 0.5) is 18.9 Å². The maximum absolute atomic E-state index is 12.9. The summed E-state index contributed by atoms with van der Waals surface area (Å²) in [5.41, 5.74) is -0.295. The summed E-state index contributed by atoms with van der Waals surface area (Å²) in [5.74, 6) is 0. The number of benzene rings is 1. The van der Waals surface area contributed by atoms with Crippen molar-refractivity contribution in [3.05, 3.63) is 29.8 Å². The first kappa shape index (κ1) is 21.0. The highest BCUT2D eigenvalue weighted by atomic mass is 32.1. The van der Waals surface area contributed by atoms with Gasteiger partial charge in [0, 0.05) is 30.6 Å². The molecule has 2 rings (SSSR count). The zero-order chi connectivity index (χ0) is 19.5. The van der Waals surface area contributed by atoms with E-state index in [9.17, 15) is 13.2 Å². The molecule has 0 aliphatic carbocycles. The number of likely N-dealkylation sites (tertiary alicyclic amines) is 1. The molecule has 2 N–H and O–H groups in total. The smallest absolute Gasteiger partial charge is 0.343 e. The molecule has 26 heavy (non-hydrogen) atoms. The van der Waals surface area contributed by atoms with Gasteiger partial charge in [0.2, 0.25) is 0 Å². The number of nitrogens with one attached hydrogen (secondary N) is 2. The fourth-order valence-corrected chi connectivity index (χ4v) is 4.09. The van der Waals surface area contributed by atoms with E-state index in [1.807, 2.05) is 0 Å². The standard InChI is InChI=1S/C19H28F3N3S/c1-13(2)24-10-8-17(9-11-24)25(14(3)4)18(26)23-16-7-5-6-15(12-16)19(20,21)22/h5-7,12-14,17H,8-11H2,1-4H3,(H,23,26)/p+1. The Morgan fingerprint density at radius 2 is 1.81 bits per heavy atom. The fraction of sp³-hybridized carbons (Fsp3) is 0.632. The molecule has 0 spiro atoms. The van der Waals surface area contributed by atoms with Gasteiger partial charge in [-0.1, -0.05) is 6.07 Å². The number of hydrogen-bond donors (Lipinski definition) is 2. The largest absolute Gasteiger partial charge is 0.416 e. The Labute approximate surface area is 159 Å². The van der Waals surface area contributed by atoms with Gasteiger partial charge >= 0.3 is 6.18 Å². The lowest BCUT2D eigenvalue weighted by Crippen LogP contribution is -3.16. The van der Waals surface area contributed by atoms with Crippen LogP contribution >= 0.6 is 12.2 Å². The minimum Gasteiger partial charge on any atom is -0.343 e. The van der Waals surface area contributed by atoms with Gasteiger partial charge in [-0.3, -0.25) is 0 Å². The van der Waals surface area contributed by atoms with Crippen LogP contribution < -0.4 is 10.2 Å². The maximum atomic E-state index is 12.9. The molecule has 1 heterocycles. The summed E-state index contributed by atoms with van der Waals surface area (Å²) < 4.78 is 38.7. The molecular weight excluding hydrogens is 359 g/mol. The molecule has 0 saturated carbocycles. The van der Waals surface area contributed by atoms with Crippen LogP contribution in [0.3, 0.4) is 0 Å². The maximum Gasteiger partial charge on any atom is 0.416 e. The molecule has 0 aromatic heterocycles. The zero-order valence-electron chi connectivity index (χ0n) is 15.9. The van der Waals surface area contributed by atoms with Crippen molar-refractivity contribution in [3.8, 4) is 0 Å². The van der Waals surface area contributed by atoms with E-state index in [1.165, 1.54) is 6.07 Å². The lowest BCUT2D eigenvalue weighted by molar-refractivity contribution is -0.926. The van der Waals surface area contributed by atoms with Crippen LogP contribution in [0.25, 0.3) is 0 Å². The summed E-state index contributed by atoms with van der Waals surface area (Å²) in [5, 5.41) is 3.52. The van der Waals surface area contributed by atoms with E-state index >= 15 is 0 Å². The van der Waals surface area contributed by atoms with Crippen molar-refractivity contribution in [3.63, 3.8) is 0 Å². The molecular formula is C19H29F3N3S+. The summed E-state index contributed by atoms with van der Waals surface area (Å²) in [6.07, 6.45) is -2.28. The Bertz CT molecular complexity index is 608. The quantitative estimate of drug-likeness (QED) is 0.770. The average Bonchev–Trinajstić information content (AvgIpc) is 2.54. The third kappa shape index (κ3) is 5.33. The molecule has 1 aromatic carbocycles. The van der Waals surface area contributed by atoms with Crippen LogP contribution in [-0.2, 0) is 6.18 Å². The Hall–Kier alpha value is -1.34. The number of rotatable bonds is 4. The molecule has 0 amide bonds. The fourth-order valence-electron chi connectivity index (χ4n) is 3.61. The van der Waals surface area contributed by atoms with E-state index in [2.05, 4.69) is 37.9 Å². The molecule has 146 valence electrons. The third-order valence-corrected chi connectivity index (χ3v) is 5.35. The van der Waals surface area contributed by atoms with Crippen molar-refractivity contribution >= 4 is 23.0 Å². The van der Waals surface area contributed by atoms with E-state index < -0.39 is 11.7 Å². The number of thiocarbonyl (C=S) groups is 1. The van der Waals surface area contributed by atoms with Crippen molar-refractivity contribution in [2.75, 3.05) is 18.4 Å². The first-order chi connectivity index (χ1) is 12.1. The third-order valence-electron chi connectivity index (χ3n) is 5.04. The van der Waals surface area contributed by atoms with Gasteiger partial charge in [-0.25, -0.2) is 0 Å². The Morgan fingerprint density at radius 3 is 2.31 bits per heavy atom. The summed E-state index contributed by atoms with van der Waals surface area (Å²) in [4.78, 5) is 3.74. The number of alkyl halides is 3. The summed E-state index contributed by atoms with van der Waals surface area (Å²) in [7, 11) is 0. The number of piperidine rings is 1. The number of anilines is 1. The minimum atomic E-state index is -4.36. The Balaban J connectivity index is 2.08. The van der Waals surface area contributed by atoms with Gasteiger partial charge < -0.3 is 15.1 Å². The van der Waals surface area contributed by atoms with E-state index in [0.29, 0.717) is 22.9 Å². The molecule has 0 atom stereocenters. The summed E-state index contributed by atoms with van der Waals surface area (Å²) in [6.45, 7) is 10.8. The van der Waals surface area contributed by atoms with Gasteiger partial charge in [0.05, 0.1) is 24.7 Å². The van der Waals surface area contributed by atoms with E-state index in [0.717, 1.165) is 38.1 Å². The number of nitrogens with zero attached hydrogens (tertiary/aromatic N) is 1. The lowest BCUT2D eigenvalue weighted by Gasteiger charge is -2.41. The SMILES string of the molecule is CC(C)N(C(=S)Nc1cccc(C(F)(F)F)c1)C1CC[NH+](C(C)C)CC1. The van der Waals surface area contributed by atoms with Crippen LogP contribution in [0.2, 0.25) is 0 Å². The number of halogens is 3. The average molecular weight is 389 g/mol. The molecule has 0 radical (unpaired) electrons.